The quantitative estimate of drug-likeness (QED) is 0.206. The summed E-state index contributed by atoms with van der Waals surface area (Å²) in [6.45, 7) is 0.789. The first-order valence-corrected chi connectivity index (χ1v) is 9.65. The van der Waals surface area contributed by atoms with Crippen LogP contribution in [0.25, 0.3) is 0 Å². The molecule has 1 aromatic carbocycles. The summed E-state index contributed by atoms with van der Waals surface area (Å²) in [6.07, 6.45) is 7.73. The molecule has 1 saturated carbocycles. The van der Waals surface area contributed by atoms with Gasteiger partial charge in [0.05, 0.1) is 3.55 Å². The van der Waals surface area contributed by atoms with Gasteiger partial charge in [0.25, 0.3) is 0 Å². The number of hydrogen-bond donors (Lipinski definition) is 2. The van der Waals surface area contributed by atoms with E-state index < -0.39 is 11.6 Å². The molecule has 0 aliphatic heterocycles. The van der Waals surface area contributed by atoms with Gasteiger partial charge in [0.1, 0.15) is 7.85 Å². The Bertz CT molecular complexity index is 507. The molecule has 0 spiro atoms. The number of hydrogen-bond acceptors (Lipinski definition) is 2. The zero-order chi connectivity index (χ0) is 16.9. The first kappa shape index (κ1) is 19.1. The summed E-state index contributed by atoms with van der Waals surface area (Å²) in [5.41, 5.74) is 7.28. The van der Waals surface area contributed by atoms with Gasteiger partial charge < -0.3 is 11.1 Å². The van der Waals surface area contributed by atoms with E-state index in [-0.39, 0.29) is 3.55 Å². The van der Waals surface area contributed by atoms with Crippen LogP contribution in [-0.2, 0) is 6.42 Å². The van der Waals surface area contributed by atoms with Crippen LogP contribution in [0.3, 0.4) is 0 Å². The Morgan fingerprint density at radius 2 is 2.00 bits per heavy atom. The highest BCUT2D eigenvalue weighted by Gasteiger charge is 2.40. The van der Waals surface area contributed by atoms with Crippen molar-refractivity contribution in [3.8, 4) is 0 Å². The lowest BCUT2D eigenvalue weighted by molar-refractivity contribution is 0.175. The van der Waals surface area contributed by atoms with Gasteiger partial charge in [-0.1, -0.05) is 47.8 Å². The SMILES string of the molecule is BCCCCC(N)(I)[C@H]1C[C@@H](NCCc2ccc(F)c(F)c2)C1. The molecule has 128 valence electrons. The molecule has 0 amide bonds. The smallest absolute Gasteiger partial charge is 0.159 e. The van der Waals surface area contributed by atoms with Crippen LogP contribution in [-0.4, -0.2) is 24.0 Å². The Balaban J connectivity index is 1.65. The summed E-state index contributed by atoms with van der Waals surface area (Å²) < 4.78 is 25.9. The average molecular weight is 434 g/mol. The zero-order valence-electron chi connectivity index (χ0n) is 13.8. The van der Waals surface area contributed by atoms with Crippen molar-refractivity contribution in [2.24, 2.45) is 11.7 Å². The van der Waals surface area contributed by atoms with Crippen LogP contribution in [0.1, 0.15) is 37.7 Å². The van der Waals surface area contributed by atoms with Crippen LogP contribution in [0.4, 0.5) is 8.78 Å². The van der Waals surface area contributed by atoms with Gasteiger partial charge in [0.15, 0.2) is 11.6 Å². The van der Waals surface area contributed by atoms with Crippen molar-refractivity contribution in [2.75, 3.05) is 6.54 Å². The first-order valence-electron chi connectivity index (χ1n) is 8.57. The van der Waals surface area contributed by atoms with Gasteiger partial charge in [-0.15, -0.1) is 0 Å². The van der Waals surface area contributed by atoms with E-state index in [1.165, 1.54) is 31.3 Å². The number of halogens is 3. The predicted molar refractivity (Wildman–Crippen MR) is 103 cm³/mol. The molecule has 0 radical (unpaired) electrons. The fourth-order valence-corrected chi connectivity index (χ4v) is 4.03. The minimum Gasteiger partial charge on any atom is -0.317 e. The highest BCUT2D eigenvalue weighted by molar-refractivity contribution is 14.1. The minimum atomic E-state index is -0.784. The van der Waals surface area contributed by atoms with E-state index in [0.717, 1.165) is 31.4 Å². The van der Waals surface area contributed by atoms with Crippen molar-refractivity contribution in [3.63, 3.8) is 0 Å². The summed E-state index contributed by atoms with van der Waals surface area (Å²) in [5.74, 6) is -0.968. The van der Waals surface area contributed by atoms with Crippen LogP contribution in [0, 0.1) is 17.6 Å². The van der Waals surface area contributed by atoms with Crippen molar-refractivity contribution < 1.29 is 8.78 Å². The van der Waals surface area contributed by atoms with Crippen molar-refractivity contribution in [3.05, 3.63) is 35.4 Å². The van der Waals surface area contributed by atoms with Crippen molar-refractivity contribution >= 4 is 30.4 Å². The van der Waals surface area contributed by atoms with E-state index in [1.807, 2.05) is 0 Å². The normalized spacial score (nSPS) is 23.3. The summed E-state index contributed by atoms with van der Waals surface area (Å²) in [5, 5.41) is 3.50. The van der Waals surface area contributed by atoms with Crippen LogP contribution in [0.5, 0.6) is 0 Å². The largest absolute Gasteiger partial charge is 0.317 e. The maximum absolute atomic E-state index is 13.1. The third-order valence-electron chi connectivity index (χ3n) is 4.81. The van der Waals surface area contributed by atoms with E-state index in [4.69, 9.17) is 5.73 Å². The van der Waals surface area contributed by atoms with Crippen LogP contribution >= 0.6 is 22.6 Å². The molecule has 23 heavy (non-hydrogen) atoms. The number of benzene rings is 1. The standard InChI is InChI=1S/C17H26BF2IN2/c18-7-2-1-6-17(21,22)13-10-14(11-13)23-8-5-12-3-4-15(19)16(20)9-12/h3-4,9,13-14,23H,1-2,5-8,10-11,18,22H2/t13-,14+,17?. The number of rotatable bonds is 9. The molecule has 6 heteroatoms. The van der Waals surface area contributed by atoms with E-state index in [0.29, 0.717) is 18.4 Å². The summed E-state index contributed by atoms with van der Waals surface area (Å²) in [4.78, 5) is 0. The molecule has 2 nitrogen and oxygen atoms in total. The average Bonchev–Trinajstić information content (AvgIpc) is 2.45. The van der Waals surface area contributed by atoms with Gasteiger partial charge in [-0.25, -0.2) is 8.78 Å². The van der Waals surface area contributed by atoms with E-state index in [2.05, 4.69) is 35.8 Å². The Kier molecular flexibility index (Phi) is 7.29. The second-order valence-electron chi connectivity index (χ2n) is 6.70. The second-order valence-corrected chi connectivity index (χ2v) is 8.71. The van der Waals surface area contributed by atoms with Gasteiger partial charge in [0.2, 0.25) is 0 Å². The number of unbranched alkanes of at least 4 members (excludes halogenated alkanes) is 1. The molecule has 0 aromatic heterocycles. The van der Waals surface area contributed by atoms with E-state index >= 15 is 0 Å². The number of nitrogens with two attached hydrogens (primary N) is 1. The van der Waals surface area contributed by atoms with Crippen LogP contribution in [0.2, 0.25) is 6.32 Å². The molecule has 1 aromatic rings. The molecule has 1 fully saturated rings. The molecule has 2 rings (SSSR count). The van der Waals surface area contributed by atoms with Gasteiger partial charge in [-0.05, 0) is 55.8 Å². The molecule has 1 unspecified atom stereocenters. The van der Waals surface area contributed by atoms with E-state index in [1.54, 1.807) is 6.07 Å². The molecule has 1 aliphatic rings. The molecule has 0 bridgehead atoms. The van der Waals surface area contributed by atoms with Gasteiger partial charge in [-0.2, -0.15) is 0 Å². The van der Waals surface area contributed by atoms with Gasteiger partial charge in [0, 0.05) is 6.04 Å². The topological polar surface area (TPSA) is 38.0 Å². The Labute approximate surface area is 152 Å². The van der Waals surface area contributed by atoms with Crippen molar-refractivity contribution in [1.82, 2.24) is 5.32 Å². The molecule has 1 aliphatic carbocycles. The predicted octanol–water partition coefficient (Wildman–Crippen LogP) is 3.19. The number of alkyl halides is 1. The molecular formula is C17H26BF2IN2. The molecule has 0 heterocycles. The maximum atomic E-state index is 13.1. The Morgan fingerprint density at radius 3 is 2.65 bits per heavy atom. The number of nitrogens with one attached hydrogen (secondary N) is 1. The summed E-state index contributed by atoms with van der Waals surface area (Å²) in [6, 6.07) is 4.63. The van der Waals surface area contributed by atoms with E-state index in [9.17, 15) is 8.78 Å². The third kappa shape index (κ3) is 5.67. The second kappa shape index (κ2) is 8.76. The van der Waals surface area contributed by atoms with Crippen molar-refractivity contribution in [2.45, 2.75) is 54.4 Å². The molecule has 0 saturated heterocycles. The monoisotopic (exact) mass is 434 g/mol. The molecular weight excluding hydrogens is 408 g/mol. The van der Waals surface area contributed by atoms with Gasteiger partial charge >= 0.3 is 0 Å². The Hall–Kier alpha value is -0.205. The fourth-order valence-electron chi connectivity index (χ4n) is 3.14. The summed E-state index contributed by atoms with van der Waals surface area (Å²) >= 11 is 2.43. The summed E-state index contributed by atoms with van der Waals surface area (Å²) in [7, 11) is 2.21. The highest BCUT2D eigenvalue weighted by Crippen LogP contribution is 2.41. The lowest BCUT2D eigenvalue weighted by Gasteiger charge is -2.44. The zero-order valence-corrected chi connectivity index (χ0v) is 15.9. The third-order valence-corrected chi connectivity index (χ3v) is 6.23. The molecule has 3 N–H and O–H groups in total. The minimum absolute atomic E-state index is 0.0782. The maximum Gasteiger partial charge on any atom is 0.159 e. The fraction of sp³-hybridized carbons (Fsp3) is 0.647. The molecule has 1 atom stereocenters. The van der Waals surface area contributed by atoms with Gasteiger partial charge in [-0.3, -0.25) is 0 Å². The Morgan fingerprint density at radius 1 is 1.26 bits per heavy atom. The lowest BCUT2D eigenvalue weighted by atomic mass is 9.74. The lowest BCUT2D eigenvalue weighted by Crippen LogP contribution is -2.53. The van der Waals surface area contributed by atoms with Crippen LogP contribution in [0.15, 0.2) is 18.2 Å². The van der Waals surface area contributed by atoms with Crippen molar-refractivity contribution in [1.29, 1.82) is 0 Å². The van der Waals surface area contributed by atoms with Crippen LogP contribution < -0.4 is 11.1 Å². The highest BCUT2D eigenvalue weighted by atomic mass is 127. The first-order chi connectivity index (χ1) is 10.9.